The van der Waals surface area contributed by atoms with Crippen LogP contribution in [0.1, 0.15) is 0 Å². The average Bonchev–Trinajstić information content (AvgIpc) is 2.40. The Morgan fingerprint density at radius 2 is 1.72 bits per heavy atom. The van der Waals surface area contributed by atoms with E-state index in [1.54, 1.807) is 0 Å². The van der Waals surface area contributed by atoms with Crippen LogP contribution >= 0.6 is 11.6 Å². The molecule has 0 fully saturated rings. The monoisotopic (exact) mass is 256 g/mol. The lowest BCUT2D eigenvalue weighted by Gasteiger charge is -2.10. The zero-order chi connectivity index (χ0) is 12.5. The van der Waals surface area contributed by atoms with E-state index in [-0.39, 0.29) is 7.69 Å². The molecule has 2 nitrogen and oxygen atoms in total. The van der Waals surface area contributed by atoms with Crippen molar-refractivity contribution in [3.63, 3.8) is 0 Å². The molecular weight excluding hydrogens is 246 g/mol. The maximum atomic E-state index is 8.95. The van der Waals surface area contributed by atoms with Crippen molar-refractivity contribution in [3.05, 3.63) is 53.6 Å². The minimum absolute atomic E-state index is 0.330. The summed E-state index contributed by atoms with van der Waals surface area (Å²) >= 11 is 6.05. The largest absolute Gasteiger partial charge is 0.538 e. The van der Waals surface area contributed by atoms with Gasteiger partial charge in [-0.05, 0) is 34.4 Å². The van der Waals surface area contributed by atoms with Gasteiger partial charge in [-0.3, -0.25) is 0 Å². The van der Waals surface area contributed by atoms with Crippen molar-refractivity contribution in [1.29, 1.82) is 0 Å². The summed E-state index contributed by atoms with van der Waals surface area (Å²) in [6.07, 6.45) is 0. The quantitative estimate of drug-likeness (QED) is 0.563. The fraction of sp³-hybridized carbons (Fsp3) is 0. The van der Waals surface area contributed by atoms with Crippen molar-refractivity contribution in [2.75, 3.05) is 0 Å². The Hall–Kier alpha value is -1.71. The smallest absolute Gasteiger partial charge is 0.504 e. The number of rotatable bonds is 2. The van der Waals surface area contributed by atoms with E-state index in [0.29, 0.717) is 10.8 Å². The van der Waals surface area contributed by atoms with E-state index < -0.39 is 0 Å². The van der Waals surface area contributed by atoms with Crippen LogP contribution in [0, 0.1) is 0 Å². The van der Waals surface area contributed by atoms with Crippen LogP contribution in [0.25, 0.3) is 21.5 Å². The molecule has 1 N–H and O–H groups in total. The second-order valence-electron chi connectivity index (χ2n) is 4.06. The molecule has 0 bridgehead atoms. The summed E-state index contributed by atoms with van der Waals surface area (Å²) in [6, 6.07) is 15.6. The van der Waals surface area contributed by atoms with E-state index in [4.69, 9.17) is 21.3 Å². The number of hydrogen-bond acceptors (Lipinski definition) is 2. The third kappa shape index (κ3) is 1.82. The first kappa shape index (κ1) is 11.4. The van der Waals surface area contributed by atoms with Crippen LogP contribution in [0.5, 0.6) is 5.75 Å². The standard InChI is InChI=1S/C14H10BClO2/c16-10-6-5-9-7-14(18-15-17)12-4-2-1-3-11(12)13(9)8-10/h1-8,15,17H. The number of halogens is 1. The van der Waals surface area contributed by atoms with E-state index >= 15 is 0 Å². The Bertz CT molecular complexity index is 727. The van der Waals surface area contributed by atoms with Crippen LogP contribution in [0.3, 0.4) is 0 Å². The Kier molecular flexibility index (Phi) is 2.86. The van der Waals surface area contributed by atoms with Gasteiger partial charge in [0, 0.05) is 10.4 Å². The molecule has 88 valence electrons. The number of fused-ring (bicyclic) bond motifs is 3. The van der Waals surface area contributed by atoms with Crippen LogP contribution in [0.15, 0.2) is 48.5 Å². The molecular formula is C14H10BClO2. The maximum absolute atomic E-state index is 8.95. The summed E-state index contributed by atoms with van der Waals surface area (Å²) in [5, 5.41) is 13.8. The van der Waals surface area contributed by atoms with Crippen molar-refractivity contribution in [1.82, 2.24) is 0 Å². The predicted octanol–water partition coefficient (Wildman–Crippen LogP) is 3.28. The minimum atomic E-state index is -0.330. The highest BCUT2D eigenvalue weighted by Crippen LogP contribution is 2.34. The van der Waals surface area contributed by atoms with E-state index in [9.17, 15) is 0 Å². The maximum Gasteiger partial charge on any atom is 0.504 e. The first-order valence-corrected chi connectivity index (χ1v) is 6.02. The molecule has 0 saturated heterocycles. The molecule has 0 heterocycles. The summed E-state index contributed by atoms with van der Waals surface area (Å²) in [5.41, 5.74) is 0. The van der Waals surface area contributed by atoms with Gasteiger partial charge in [-0.25, -0.2) is 0 Å². The third-order valence-electron chi connectivity index (χ3n) is 3.00. The van der Waals surface area contributed by atoms with Gasteiger partial charge >= 0.3 is 7.69 Å². The molecule has 0 amide bonds. The predicted molar refractivity (Wildman–Crippen MR) is 76.5 cm³/mol. The Morgan fingerprint density at radius 3 is 2.50 bits per heavy atom. The molecule has 0 aliphatic heterocycles. The lowest BCUT2D eigenvalue weighted by Crippen LogP contribution is -2.00. The molecule has 0 aliphatic carbocycles. The van der Waals surface area contributed by atoms with E-state index in [1.165, 1.54) is 0 Å². The van der Waals surface area contributed by atoms with Crippen molar-refractivity contribution in [2.24, 2.45) is 0 Å². The Morgan fingerprint density at radius 1 is 0.944 bits per heavy atom. The highest BCUT2D eigenvalue weighted by atomic mass is 35.5. The molecule has 18 heavy (non-hydrogen) atoms. The second-order valence-corrected chi connectivity index (χ2v) is 4.50. The van der Waals surface area contributed by atoms with Crippen LogP contribution in [-0.4, -0.2) is 12.7 Å². The van der Waals surface area contributed by atoms with Crippen molar-refractivity contribution in [3.8, 4) is 5.75 Å². The summed E-state index contributed by atoms with van der Waals surface area (Å²) in [5.74, 6) is 0.683. The fourth-order valence-electron chi connectivity index (χ4n) is 2.23. The zero-order valence-corrected chi connectivity index (χ0v) is 10.3. The summed E-state index contributed by atoms with van der Waals surface area (Å²) in [4.78, 5) is 0. The number of hydrogen-bond donors (Lipinski definition) is 1. The molecule has 4 heteroatoms. The first-order valence-electron chi connectivity index (χ1n) is 5.64. The van der Waals surface area contributed by atoms with Gasteiger partial charge in [-0.1, -0.05) is 41.9 Å². The summed E-state index contributed by atoms with van der Waals surface area (Å²) < 4.78 is 5.28. The normalized spacial score (nSPS) is 10.8. The van der Waals surface area contributed by atoms with E-state index in [0.717, 1.165) is 21.5 Å². The molecule has 0 unspecified atom stereocenters. The van der Waals surface area contributed by atoms with Gasteiger partial charge in [0.1, 0.15) is 5.75 Å². The highest BCUT2D eigenvalue weighted by Gasteiger charge is 2.07. The summed E-state index contributed by atoms with van der Waals surface area (Å²) in [6.45, 7) is 0. The van der Waals surface area contributed by atoms with Gasteiger partial charge in [0.25, 0.3) is 0 Å². The van der Waals surface area contributed by atoms with Gasteiger partial charge in [0.05, 0.1) is 0 Å². The molecule has 0 spiro atoms. The molecule has 3 aromatic rings. The van der Waals surface area contributed by atoms with E-state index in [1.807, 2.05) is 48.5 Å². The van der Waals surface area contributed by atoms with Gasteiger partial charge in [-0.2, -0.15) is 0 Å². The number of benzene rings is 3. The molecule has 0 aromatic heterocycles. The average molecular weight is 256 g/mol. The van der Waals surface area contributed by atoms with Crippen LogP contribution in [0.4, 0.5) is 0 Å². The van der Waals surface area contributed by atoms with E-state index in [2.05, 4.69) is 0 Å². The lowest BCUT2D eigenvalue weighted by atomic mass is 10.0. The SMILES string of the molecule is OBOc1cc2ccc(Cl)cc2c2ccccc12. The van der Waals surface area contributed by atoms with Gasteiger partial charge in [-0.15, -0.1) is 0 Å². The zero-order valence-electron chi connectivity index (χ0n) is 9.56. The van der Waals surface area contributed by atoms with Crippen molar-refractivity contribution < 1.29 is 9.68 Å². The first-order chi connectivity index (χ1) is 8.79. The van der Waals surface area contributed by atoms with Crippen LogP contribution in [-0.2, 0) is 0 Å². The molecule has 3 aromatic carbocycles. The second kappa shape index (κ2) is 4.52. The fourth-order valence-corrected chi connectivity index (χ4v) is 2.40. The van der Waals surface area contributed by atoms with Crippen molar-refractivity contribution in [2.45, 2.75) is 0 Å². The molecule has 0 aliphatic rings. The van der Waals surface area contributed by atoms with Gasteiger partial charge < -0.3 is 9.68 Å². The third-order valence-corrected chi connectivity index (χ3v) is 3.24. The molecule has 0 saturated carbocycles. The van der Waals surface area contributed by atoms with Crippen LogP contribution in [0.2, 0.25) is 5.02 Å². The highest BCUT2D eigenvalue weighted by molar-refractivity contribution is 6.32. The lowest BCUT2D eigenvalue weighted by molar-refractivity contribution is 0.457. The van der Waals surface area contributed by atoms with Crippen LogP contribution < -0.4 is 4.65 Å². The Labute approximate surface area is 110 Å². The van der Waals surface area contributed by atoms with Gasteiger partial charge in [0.15, 0.2) is 0 Å². The molecule has 3 rings (SSSR count). The Balaban J connectivity index is 2.45. The molecule has 0 atom stereocenters. The van der Waals surface area contributed by atoms with Gasteiger partial charge in [0.2, 0.25) is 0 Å². The van der Waals surface area contributed by atoms with Crippen molar-refractivity contribution >= 4 is 40.8 Å². The minimum Gasteiger partial charge on any atom is -0.538 e. The topological polar surface area (TPSA) is 29.5 Å². The summed E-state index contributed by atoms with van der Waals surface area (Å²) in [7, 11) is -0.330. The molecule has 0 radical (unpaired) electrons.